The molecule has 0 fully saturated rings. The van der Waals surface area contributed by atoms with Gasteiger partial charge in [0.05, 0.1) is 16.6 Å². The largest absolute Gasteiger partial charge is 0.490 e. The van der Waals surface area contributed by atoms with Gasteiger partial charge in [0.25, 0.3) is 0 Å². The van der Waals surface area contributed by atoms with Gasteiger partial charge in [0.15, 0.2) is 0 Å². The number of aliphatic hydroxyl groups is 1. The molecule has 6 nitrogen and oxygen atoms in total. The fourth-order valence-electron chi connectivity index (χ4n) is 3.48. The number of hydrogen-bond donors (Lipinski definition) is 4. The first-order valence-electron chi connectivity index (χ1n) is 9.27. The minimum atomic E-state index is -0.673. The summed E-state index contributed by atoms with van der Waals surface area (Å²) in [5, 5.41) is 15.6. The lowest BCUT2D eigenvalue weighted by Gasteiger charge is -2.13. The molecule has 5 rings (SSSR count). The third-order valence-electron chi connectivity index (χ3n) is 4.82. The Labute approximate surface area is 161 Å². The van der Waals surface area contributed by atoms with E-state index >= 15 is 0 Å². The summed E-state index contributed by atoms with van der Waals surface area (Å²) >= 11 is 0. The van der Waals surface area contributed by atoms with Crippen LogP contribution >= 0.6 is 0 Å². The average molecular weight is 372 g/mol. The van der Waals surface area contributed by atoms with Crippen molar-refractivity contribution in [2.75, 3.05) is 18.5 Å². The first-order chi connectivity index (χ1) is 13.8. The Balaban J connectivity index is 1.28. The lowest BCUT2D eigenvalue weighted by molar-refractivity contribution is 0.118. The van der Waals surface area contributed by atoms with Crippen LogP contribution in [0.15, 0.2) is 66.7 Å². The summed E-state index contributed by atoms with van der Waals surface area (Å²) in [5.74, 6) is 1.40. The number of ether oxygens (including phenoxy) is 1. The zero-order valence-corrected chi connectivity index (χ0v) is 15.1. The van der Waals surface area contributed by atoms with Gasteiger partial charge in [-0.15, -0.1) is 0 Å². The number of aromatic nitrogens is 3. The predicted molar refractivity (Wildman–Crippen MR) is 112 cm³/mol. The second kappa shape index (κ2) is 6.90. The minimum absolute atomic E-state index is 0.186. The quantitative estimate of drug-likeness (QED) is 0.362. The van der Waals surface area contributed by atoms with E-state index in [0.717, 1.165) is 38.6 Å². The number of H-pyrrole nitrogens is 2. The zero-order chi connectivity index (χ0) is 18.9. The maximum atomic E-state index is 10.3. The molecular formula is C22H20N4O2. The molecule has 0 saturated heterocycles. The van der Waals surface area contributed by atoms with E-state index in [4.69, 9.17) is 4.74 Å². The van der Waals surface area contributed by atoms with E-state index in [1.54, 1.807) is 0 Å². The summed E-state index contributed by atoms with van der Waals surface area (Å²) < 4.78 is 5.95. The highest BCUT2D eigenvalue weighted by Crippen LogP contribution is 2.32. The summed E-state index contributed by atoms with van der Waals surface area (Å²) in [6.07, 6.45) is -0.673. The molecule has 0 aliphatic heterocycles. The lowest BCUT2D eigenvalue weighted by Crippen LogP contribution is -2.26. The number of nitrogens with one attached hydrogen (secondary N) is 3. The first-order valence-corrected chi connectivity index (χ1v) is 9.27. The molecule has 0 aliphatic carbocycles. The summed E-state index contributed by atoms with van der Waals surface area (Å²) in [7, 11) is 0. The second-order valence-corrected chi connectivity index (χ2v) is 6.80. The van der Waals surface area contributed by atoms with Crippen molar-refractivity contribution in [2.24, 2.45) is 0 Å². The topological polar surface area (TPSA) is 86.0 Å². The Kier molecular flexibility index (Phi) is 4.10. The lowest BCUT2D eigenvalue weighted by atomic mass is 10.1. The zero-order valence-electron chi connectivity index (χ0n) is 15.1. The van der Waals surface area contributed by atoms with Crippen LogP contribution in [0, 0.1) is 0 Å². The average Bonchev–Trinajstić information content (AvgIpc) is 3.31. The number of aliphatic hydroxyl groups excluding tert-OH is 1. The summed E-state index contributed by atoms with van der Waals surface area (Å²) in [5.41, 5.74) is 3.94. The van der Waals surface area contributed by atoms with Crippen LogP contribution in [-0.2, 0) is 0 Å². The molecule has 4 N–H and O–H groups in total. The second-order valence-electron chi connectivity index (χ2n) is 6.80. The van der Waals surface area contributed by atoms with Gasteiger partial charge in [0.2, 0.25) is 5.95 Å². The van der Waals surface area contributed by atoms with Gasteiger partial charge in [0, 0.05) is 22.8 Å². The highest BCUT2D eigenvalue weighted by molar-refractivity contribution is 6.10. The number of anilines is 1. The van der Waals surface area contributed by atoms with Crippen molar-refractivity contribution < 1.29 is 9.84 Å². The van der Waals surface area contributed by atoms with Crippen molar-refractivity contribution in [3.8, 4) is 5.75 Å². The predicted octanol–water partition coefficient (Wildman–Crippen LogP) is 4.05. The number of fused-ring (bicyclic) bond motifs is 4. The Bertz CT molecular complexity index is 1220. The Morgan fingerprint density at radius 3 is 2.57 bits per heavy atom. The van der Waals surface area contributed by atoms with Gasteiger partial charge in [-0.25, -0.2) is 4.98 Å². The van der Waals surface area contributed by atoms with Crippen molar-refractivity contribution >= 4 is 38.8 Å². The van der Waals surface area contributed by atoms with Gasteiger partial charge in [-0.3, -0.25) is 0 Å². The fraction of sp³-hybridized carbons (Fsp3) is 0.136. The molecule has 2 aromatic heterocycles. The fourth-order valence-corrected chi connectivity index (χ4v) is 3.48. The molecule has 3 aromatic carbocycles. The number of benzene rings is 3. The summed E-state index contributed by atoms with van der Waals surface area (Å²) in [6.45, 7) is 0.523. The molecule has 6 heteroatoms. The van der Waals surface area contributed by atoms with E-state index in [9.17, 15) is 5.11 Å². The molecule has 1 atom stereocenters. The molecule has 0 spiro atoms. The molecule has 5 aromatic rings. The number of rotatable bonds is 6. The van der Waals surface area contributed by atoms with Crippen LogP contribution in [0.25, 0.3) is 32.8 Å². The van der Waals surface area contributed by atoms with Crippen LogP contribution in [0.2, 0.25) is 0 Å². The number of para-hydroxylation sites is 3. The van der Waals surface area contributed by atoms with Gasteiger partial charge in [0.1, 0.15) is 18.5 Å². The number of hydrogen-bond acceptors (Lipinski definition) is 4. The van der Waals surface area contributed by atoms with E-state index in [1.807, 2.05) is 60.7 Å². The van der Waals surface area contributed by atoms with Crippen LogP contribution in [0.4, 0.5) is 5.95 Å². The first kappa shape index (κ1) is 16.6. The van der Waals surface area contributed by atoms with Gasteiger partial charge in [-0.2, -0.15) is 0 Å². The van der Waals surface area contributed by atoms with Crippen LogP contribution in [-0.4, -0.2) is 39.3 Å². The number of aromatic amines is 2. The normalized spacial score (nSPS) is 12.6. The van der Waals surface area contributed by atoms with Gasteiger partial charge >= 0.3 is 0 Å². The SMILES string of the molecule is OC(CNc1nc2ccccc2[nH]1)COc1cccc2[nH]c3ccccc3c12. The monoisotopic (exact) mass is 372 g/mol. The van der Waals surface area contributed by atoms with Crippen molar-refractivity contribution in [3.05, 3.63) is 66.7 Å². The van der Waals surface area contributed by atoms with Crippen molar-refractivity contribution in [1.82, 2.24) is 15.0 Å². The van der Waals surface area contributed by atoms with Crippen molar-refractivity contribution in [3.63, 3.8) is 0 Å². The highest BCUT2D eigenvalue weighted by Gasteiger charge is 2.12. The van der Waals surface area contributed by atoms with E-state index in [-0.39, 0.29) is 6.61 Å². The number of nitrogens with zero attached hydrogens (tertiary/aromatic N) is 1. The third-order valence-corrected chi connectivity index (χ3v) is 4.82. The van der Waals surface area contributed by atoms with E-state index in [2.05, 4.69) is 26.3 Å². The van der Waals surface area contributed by atoms with Crippen LogP contribution in [0.3, 0.4) is 0 Å². The highest BCUT2D eigenvalue weighted by atomic mass is 16.5. The van der Waals surface area contributed by atoms with Crippen LogP contribution < -0.4 is 10.1 Å². The molecule has 2 heterocycles. The molecule has 1 unspecified atom stereocenters. The molecule has 140 valence electrons. The van der Waals surface area contributed by atoms with Gasteiger partial charge < -0.3 is 25.1 Å². The Morgan fingerprint density at radius 2 is 1.68 bits per heavy atom. The van der Waals surface area contributed by atoms with Crippen molar-refractivity contribution in [2.45, 2.75) is 6.10 Å². The standard InChI is InChI=1S/C22H20N4O2/c27-14(12-23-22-25-17-8-3-4-9-18(17)26-22)13-28-20-11-5-10-19-21(20)15-6-1-2-7-16(15)24-19/h1-11,14,24,27H,12-13H2,(H2,23,25,26). The minimum Gasteiger partial charge on any atom is -0.490 e. The van der Waals surface area contributed by atoms with E-state index < -0.39 is 6.10 Å². The third kappa shape index (κ3) is 3.04. The van der Waals surface area contributed by atoms with Gasteiger partial charge in [-0.1, -0.05) is 36.4 Å². The van der Waals surface area contributed by atoms with Crippen LogP contribution in [0.1, 0.15) is 0 Å². The Hall–Kier alpha value is -3.51. The molecule has 0 bridgehead atoms. The number of imidazole rings is 1. The van der Waals surface area contributed by atoms with Crippen molar-refractivity contribution in [1.29, 1.82) is 0 Å². The molecule has 0 aliphatic rings. The van der Waals surface area contributed by atoms with E-state index in [0.29, 0.717) is 12.5 Å². The van der Waals surface area contributed by atoms with Gasteiger partial charge in [-0.05, 0) is 30.3 Å². The molecule has 0 amide bonds. The smallest absolute Gasteiger partial charge is 0.201 e. The molecular weight excluding hydrogens is 352 g/mol. The maximum absolute atomic E-state index is 10.3. The molecule has 28 heavy (non-hydrogen) atoms. The maximum Gasteiger partial charge on any atom is 0.201 e. The molecule has 0 saturated carbocycles. The molecule has 0 radical (unpaired) electrons. The summed E-state index contributed by atoms with van der Waals surface area (Å²) in [4.78, 5) is 11.0. The van der Waals surface area contributed by atoms with E-state index in [1.165, 1.54) is 0 Å². The summed E-state index contributed by atoms with van der Waals surface area (Å²) in [6, 6.07) is 21.9. The van der Waals surface area contributed by atoms with Crippen LogP contribution in [0.5, 0.6) is 5.75 Å². The Morgan fingerprint density at radius 1 is 0.893 bits per heavy atom.